The molecule has 1 aliphatic rings. The Kier molecular flexibility index (Phi) is 5.21. The predicted molar refractivity (Wildman–Crippen MR) is 73.0 cm³/mol. The van der Waals surface area contributed by atoms with E-state index in [0.29, 0.717) is 19.4 Å². The third-order valence-corrected chi connectivity index (χ3v) is 3.46. The molecule has 1 saturated heterocycles. The highest BCUT2D eigenvalue weighted by Gasteiger charge is 2.27. The van der Waals surface area contributed by atoms with E-state index in [1.165, 1.54) is 0 Å². The molecule has 0 unspecified atom stereocenters. The maximum absolute atomic E-state index is 12.0. The number of hydrogen-bond donors (Lipinski definition) is 1. The van der Waals surface area contributed by atoms with E-state index >= 15 is 0 Å². The lowest BCUT2D eigenvalue weighted by Crippen LogP contribution is -2.37. The van der Waals surface area contributed by atoms with Crippen LogP contribution in [0.5, 0.6) is 5.75 Å². The molecule has 104 valence electrons. The number of rotatable bonds is 6. The minimum absolute atomic E-state index is 0.0301. The van der Waals surface area contributed by atoms with Crippen LogP contribution >= 0.6 is 0 Å². The maximum atomic E-state index is 12.0. The number of carbonyl (C=O) groups excluding carboxylic acids is 1. The average Bonchev–Trinajstić information content (AvgIpc) is 2.93. The first kappa shape index (κ1) is 13.9. The normalized spacial score (nSPS) is 18.6. The summed E-state index contributed by atoms with van der Waals surface area (Å²) in [6, 6.07) is 9.64. The van der Waals surface area contributed by atoms with Gasteiger partial charge in [-0.1, -0.05) is 18.2 Å². The van der Waals surface area contributed by atoms with E-state index in [9.17, 15) is 9.90 Å². The summed E-state index contributed by atoms with van der Waals surface area (Å²) >= 11 is 0. The molecular weight excluding hydrogens is 242 g/mol. The quantitative estimate of drug-likeness (QED) is 0.797. The molecule has 0 aromatic heterocycles. The van der Waals surface area contributed by atoms with Crippen LogP contribution in [0, 0.1) is 0 Å². The summed E-state index contributed by atoms with van der Waals surface area (Å²) in [6.45, 7) is 1.41. The molecule has 4 heteroatoms. The summed E-state index contributed by atoms with van der Waals surface area (Å²) in [6.07, 6.45) is 3.12. The molecule has 1 atom stereocenters. The Morgan fingerprint density at radius 1 is 1.37 bits per heavy atom. The van der Waals surface area contributed by atoms with Crippen LogP contribution in [0.25, 0.3) is 0 Å². The molecule has 1 aromatic rings. The zero-order valence-electron chi connectivity index (χ0n) is 11.1. The molecular formula is C15H21NO3. The van der Waals surface area contributed by atoms with E-state index in [0.717, 1.165) is 25.1 Å². The number of hydrogen-bond acceptors (Lipinski definition) is 3. The zero-order chi connectivity index (χ0) is 13.5. The largest absolute Gasteiger partial charge is 0.494 e. The minimum atomic E-state index is 0.0301. The monoisotopic (exact) mass is 263 g/mol. The van der Waals surface area contributed by atoms with E-state index in [2.05, 4.69) is 0 Å². The Morgan fingerprint density at radius 3 is 2.89 bits per heavy atom. The fourth-order valence-electron chi connectivity index (χ4n) is 2.43. The Morgan fingerprint density at radius 2 is 2.16 bits per heavy atom. The SMILES string of the molecule is O=C(CCCOc1ccccc1)N1CCC[C@H]1CO. The summed E-state index contributed by atoms with van der Waals surface area (Å²) in [5.74, 6) is 0.970. The van der Waals surface area contributed by atoms with Gasteiger partial charge in [0.15, 0.2) is 0 Å². The molecule has 0 aliphatic carbocycles. The highest BCUT2D eigenvalue weighted by atomic mass is 16.5. The van der Waals surface area contributed by atoms with Crippen molar-refractivity contribution in [3.05, 3.63) is 30.3 Å². The highest BCUT2D eigenvalue weighted by molar-refractivity contribution is 5.76. The first-order valence-electron chi connectivity index (χ1n) is 6.89. The minimum Gasteiger partial charge on any atom is -0.494 e. The van der Waals surface area contributed by atoms with Gasteiger partial charge in [-0.2, -0.15) is 0 Å². The number of carbonyl (C=O) groups is 1. The van der Waals surface area contributed by atoms with E-state index in [-0.39, 0.29) is 18.6 Å². The van der Waals surface area contributed by atoms with Gasteiger partial charge >= 0.3 is 0 Å². The van der Waals surface area contributed by atoms with Crippen molar-refractivity contribution in [3.63, 3.8) is 0 Å². The van der Waals surface area contributed by atoms with Crippen molar-refractivity contribution < 1.29 is 14.6 Å². The van der Waals surface area contributed by atoms with Gasteiger partial charge in [0.1, 0.15) is 5.75 Å². The van der Waals surface area contributed by atoms with Crippen LogP contribution in [-0.2, 0) is 4.79 Å². The molecule has 1 aromatic carbocycles. The molecule has 4 nitrogen and oxygen atoms in total. The first-order valence-corrected chi connectivity index (χ1v) is 6.89. The standard InChI is InChI=1S/C15H21NO3/c17-12-13-6-4-10-16(13)15(18)9-5-11-19-14-7-2-1-3-8-14/h1-3,7-8,13,17H,4-6,9-12H2/t13-/m0/s1. The predicted octanol–water partition coefficient (Wildman–Crippen LogP) is 1.83. The van der Waals surface area contributed by atoms with Crippen LogP contribution in [0.15, 0.2) is 30.3 Å². The molecule has 0 spiro atoms. The zero-order valence-corrected chi connectivity index (χ0v) is 11.1. The Balaban J connectivity index is 1.67. The lowest BCUT2D eigenvalue weighted by molar-refractivity contribution is -0.132. The number of amides is 1. The number of benzene rings is 1. The van der Waals surface area contributed by atoms with Crippen molar-refractivity contribution in [3.8, 4) is 5.75 Å². The highest BCUT2D eigenvalue weighted by Crippen LogP contribution is 2.18. The fourth-order valence-corrected chi connectivity index (χ4v) is 2.43. The molecule has 0 bridgehead atoms. The molecule has 1 fully saturated rings. The van der Waals surface area contributed by atoms with Gasteiger partial charge in [0.25, 0.3) is 0 Å². The van der Waals surface area contributed by atoms with Crippen molar-refractivity contribution in [2.45, 2.75) is 31.7 Å². The first-order chi connectivity index (χ1) is 9.31. The molecule has 0 saturated carbocycles. The van der Waals surface area contributed by atoms with Crippen molar-refractivity contribution in [2.24, 2.45) is 0 Å². The lowest BCUT2D eigenvalue weighted by atomic mass is 10.2. The topological polar surface area (TPSA) is 49.8 Å². The van der Waals surface area contributed by atoms with Crippen LogP contribution in [0.4, 0.5) is 0 Å². The number of nitrogens with zero attached hydrogens (tertiary/aromatic N) is 1. The van der Waals surface area contributed by atoms with Crippen molar-refractivity contribution in [2.75, 3.05) is 19.8 Å². The number of likely N-dealkylation sites (tertiary alicyclic amines) is 1. The van der Waals surface area contributed by atoms with Crippen LogP contribution in [0.3, 0.4) is 0 Å². The summed E-state index contributed by atoms with van der Waals surface area (Å²) in [4.78, 5) is 13.8. The fraction of sp³-hybridized carbons (Fsp3) is 0.533. The van der Waals surface area contributed by atoms with Gasteiger partial charge in [-0.25, -0.2) is 0 Å². The van der Waals surface area contributed by atoms with E-state index < -0.39 is 0 Å². The third-order valence-electron chi connectivity index (χ3n) is 3.46. The smallest absolute Gasteiger partial charge is 0.223 e. The van der Waals surface area contributed by atoms with Gasteiger partial charge in [-0.05, 0) is 31.4 Å². The van der Waals surface area contributed by atoms with Crippen LogP contribution in [-0.4, -0.2) is 41.7 Å². The summed E-state index contributed by atoms with van der Waals surface area (Å²) in [5.41, 5.74) is 0. The van der Waals surface area contributed by atoms with Gasteiger partial charge in [-0.3, -0.25) is 4.79 Å². The van der Waals surface area contributed by atoms with E-state index in [1.54, 1.807) is 0 Å². The third kappa shape index (κ3) is 3.96. The van der Waals surface area contributed by atoms with E-state index in [4.69, 9.17) is 4.74 Å². The summed E-state index contributed by atoms with van der Waals surface area (Å²) in [7, 11) is 0. The Bertz CT molecular complexity index is 394. The number of para-hydroxylation sites is 1. The maximum Gasteiger partial charge on any atom is 0.223 e. The Labute approximate surface area is 114 Å². The second kappa shape index (κ2) is 7.14. The van der Waals surface area contributed by atoms with Gasteiger partial charge in [-0.15, -0.1) is 0 Å². The van der Waals surface area contributed by atoms with Crippen LogP contribution < -0.4 is 4.74 Å². The number of ether oxygens (including phenoxy) is 1. The molecule has 1 aliphatic heterocycles. The van der Waals surface area contributed by atoms with Gasteiger partial charge in [0.2, 0.25) is 5.91 Å². The van der Waals surface area contributed by atoms with E-state index in [1.807, 2.05) is 35.2 Å². The number of aliphatic hydroxyl groups is 1. The summed E-state index contributed by atoms with van der Waals surface area (Å²) < 4.78 is 5.55. The Hall–Kier alpha value is -1.55. The second-order valence-electron chi connectivity index (χ2n) is 4.83. The van der Waals surface area contributed by atoms with Crippen LogP contribution in [0.1, 0.15) is 25.7 Å². The molecule has 1 N–H and O–H groups in total. The van der Waals surface area contributed by atoms with Gasteiger partial charge in [0, 0.05) is 13.0 Å². The molecule has 1 amide bonds. The van der Waals surface area contributed by atoms with Crippen molar-refractivity contribution >= 4 is 5.91 Å². The molecule has 1 heterocycles. The van der Waals surface area contributed by atoms with Crippen molar-refractivity contribution in [1.29, 1.82) is 0 Å². The average molecular weight is 263 g/mol. The van der Waals surface area contributed by atoms with Gasteiger partial charge in [0.05, 0.1) is 19.3 Å². The number of aliphatic hydroxyl groups excluding tert-OH is 1. The molecule has 19 heavy (non-hydrogen) atoms. The van der Waals surface area contributed by atoms with Crippen LogP contribution in [0.2, 0.25) is 0 Å². The van der Waals surface area contributed by atoms with Gasteiger partial charge < -0.3 is 14.7 Å². The summed E-state index contributed by atoms with van der Waals surface area (Å²) in [5, 5.41) is 9.19. The molecule has 0 radical (unpaired) electrons. The van der Waals surface area contributed by atoms with Crippen molar-refractivity contribution in [1.82, 2.24) is 4.90 Å². The molecule has 2 rings (SSSR count). The second-order valence-corrected chi connectivity index (χ2v) is 4.83. The lowest BCUT2D eigenvalue weighted by Gasteiger charge is -2.22.